The fourth-order valence-corrected chi connectivity index (χ4v) is 3.53. The lowest BCUT2D eigenvalue weighted by Gasteiger charge is -2.28. The van der Waals surface area contributed by atoms with Crippen molar-refractivity contribution in [2.75, 3.05) is 5.32 Å². The molecule has 2 heterocycles. The Morgan fingerprint density at radius 2 is 1.86 bits per heavy atom. The predicted octanol–water partition coefficient (Wildman–Crippen LogP) is 4.43. The molecule has 0 unspecified atom stereocenters. The van der Waals surface area contributed by atoms with Gasteiger partial charge in [0, 0.05) is 5.70 Å². The van der Waals surface area contributed by atoms with E-state index in [2.05, 4.69) is 53.5 Å². The second-order valence-corrected chi connectivity index (χ2v) is 7.48. The van der Waals surface area contributed by atoms with E-state index in [4.69, 9.17) is 4.74 Å². The van der Waals surface area contributed by atoms with Crippen molar-refractivity contribution in [1.82, 2.24) is 14.8 Å². The summed E-state index contributed by atoms with van der Waals surface area (Å²) in [4.78, 5) is 17.4. The highest BCUT2D eigenvalue weighted by atomic mass is 16.5. The topological polar surface area (TPSA) is 69.0 Å². The van der Waals surface area contributed by atoms with Crippen LogP contribution in [0.4, 0.5) is 5.95 Å². The quantitative estimate of drug-likeness (QED) is 0.655. The van der Waals surface area contributed by atoms with Crippen LogP contribution < -0.4 is 5.32 Å². The molecule has 0 aliphatic carbocycles. The molecule has 0 saturated carbocycles. The summed E-state index contributed by atoms with van der Waals surface area (Å²) in [6.45, 7) is 6.41. The smallest absolute Gasteiger partial charge is 0.338 e. The molecule has 0 radical (unpaired) electrons. The molecule has 6 nitrogen and oxygen atoms in total. The molecule has 2 aromatic carbocycles. The summed E-state index contributed by atoms with van der Waals surface area (Å²) < 4.78 is 7.38. The Labute approximate surface area is 170 Å². The maximum absolute atomic E-state index is 13.1. The largest absolute Gasteiger partial charge is 0.457 e. The van der Waals surface area contributed by atoms with Crippen LogP contribution in [0, 0.1) is 0 Å². The summed E-state index contributed by atoms with van der Waals surface area (Å²) in [5.41, 5.74) is 4.42. The third kappa shape index (κ3) is 3.78. The van der Waals surface area contributed by atoms with Gasteiger partial charge in [-0.15, -0.1) is 0 Å². The fourth-order valence-electron chi connectivity index (χ4n) is 3.53. The normalized spacial score (nSPS) is 15.8. The van der Waals surface area contributed by atoms with Gasteiger partial charge in [-0.3, -0.25) is 0 Å². The Hall–Kier alpha value is -3.41. The fraction of sp³-hybridized carbons (Fsp3) is 0.261. The minimum absolute atomic E-state index is 0.222. The number of nitrogens with one attached hydrogen (secondary N) is 1. The molecule has 1 atom stereocenters. The van der Waals surface area contributed by atoms with E-state index < -0.39 is 6.04 Å². The number of carbonyl (C=O) groups excluding carboxylic acids is 1. The molecule has 4 rings (SSSR count). The summed E-state index contributed by atoms with van der Waals surface area (Å²) >= 11 is 0. The molecule has 0 saturated heterocycles. The van der Waals surface area contributed by atoms with Crippen LogP contribution in [0.2, 0.25) is 0 Å². The monoisotopic (exact) mass is 388 g/mol. The zero-order chi connectivity index (χ0) is 20.4. The molecule has 1 N–H and O–H groups in total. The molecule has 1 aliphatic rings. The van der Waals surface area contributed by atoms with Crippen molar-refractivity contribution in [3.63, 3.8) is 0 Å². The number of anilines is 1. The van der Waals surface area contributed by atoms with Crippen molar-refractivity contribution in [2.45, 2.75) is 39.3 Å². The second kappa shape index (κ2) is 7.91. The Morgan fingerprint density at radius 1 is 1.14 bits per heavy atom. The number of allylic oxidation sites excluding steroid dienone is 1. The van der Waals surface area contributed by atoms with Crippen molar-refractivity contribution < 1.29 is 9.53 Å². The Morgan fingerprint density at radius 3 is 2.55 bits per heavy atom. The number of esters is 1. The van der Waals surface area contributed by atoms with Gasteiger partial charge in [0.05, 0.1) is 5.57 Å². The molecule has 6 heteroatoms. The highest BCUT2D eigenvalue weighted by Gasteiger charge is 2.34. The van der Waals surface area contributed by atoms with E-state index in [0.29, 0.717) is 17.4 Å². The molecule has 0 fully saturated rings. The van der Waals surface area contributed by atoms with E-state index in [1.807, 2.05) is 37.3 Å². The van der Waals surface area contributed by atoms with Gasteiger partial charge in [0.25, 0.3) is 0 Å². The number of rotatable bonds is 5. The van der Waals surface area contributed by atoms with E-state index in [0.717, 1.165) is 16.8 Å². The van der Waals surface area contributed by atoms with Crippen molar-refractivity contribution in [3.05, 3.63) is 88.9 Å². The summed E-state index contributed by atoms with van der Waals surface area (Å²) in [5, 5.41) is 7.53. The highest BCUT2D eigenvalue weighted by molar-refractivity contribution is 5.92. The van der Waals surface area contributed by atoms with Crippen molar-refractivity contribution >= 4 is 11.9 Å². The van der Waals surface area contributed by atoms with Gasteiger partial charge in [0.2, 0.25) is 5.95 Å². The maximum Gasteiger partial charge on any atom is 0.338 e. The van der Waals surface area contributed by atoms with Crippen LogP contribution in [0.25, 0.3) is 0 Å². The minimum Gasteiger partial charge on any atom is -0.457 e. The number of benzene rings is 2. The predicted molar refractivity (Wildman–Crippen MR) is 111 cm³/mol. The molecule has 3 aromatic rings. The Kier molecular flexibility index (Phi) is 5.16. The van der Waals surface area contributed by atoms with Crippen LogP contribution in [0.5, 0.6) is 0 Å². The third-order valence-corrected chi connectivity index (χ3v) is 5.15. The third-order valence-electron chi connectivity index (χ3n) is 5.15. The van der Waals surface area contributed by atoms with E-state index in [1.54, 1.807) is 4.68 Å². The summed E-state index contributed by atoms with van der Waals surface area (Å²) in [6.07, 6.45) is 1.49. The average molecular weight is 388 g/mol. The molecule has 29 heavy (non-hydrogen) atoms. The standard InChI is InChI=1S/C23H24N4O2/c1-15(2)18-9-11-19(12-10-18)21-20(16(3)26-23-24-14-25-27(21)23)22(28)29-13-17-7-5-4-6-8-17/h4-12,14-15,21H,13H2,1-3H3,(H,24,25,26)/t21-/m0/s1. The first-order valence-electron chi connectivity index (χ1n) is 9.73. The van der Waals surface area contributed by atoms with Gasteiger partial charge in [-0.1, -0.05) is 68.4 Å². The van der Waals surface area contributed by atoms with Gasteiger partial charge in [0.15, 0.2) is 0 Å². The van der Waals surface area contributed by atoms with Crippen LogP contribution in [0.15, 0.2) is 72.2 Å². The summed E-state index contributed by atoms with van der Waals surface area (Å²) in [6, 6.07) is 17.6. The van der Waals surface area contributed by atoms with Gasteiger partial charge >= 0.3 is 5.97 Å². The molecular formula is C23H24N4O2. The summed E-state index contributed by atoms with van der Waals surface area (Å²) in [7, 11) is 0. The van der Waals surface area contributed by atoms with E-state index in [-0.39, 0.29) is 12.6 Å². The van der Waals surface area contributed by atoms with Gasteiger partial charge in [-0.2, -0.15) is 10.1 Å². The van der Waals surface area contributed by atoms with Crippen molar-refractivity contribution in [3.8, 4) is 0 Å². The first kappa shape index (κ1) is 18.9. The maximum atomic E-state index is 13.1. The number of hydrogen-bond acceptors (Lipinski definition) is 5. The first-order chi connectivity index (χ1) is 14.0. The zero-order valence-corrected chi connectivity index (χ0v) is 16.8. The van der Waals surface area contributed by atoms with Gasteiger partial charge in [-0.05, 0) is 29.5 Å². The molecule has 0 bridgehead atoms. The Balaban J connectivity index is 1.67. The van der Waals surface area contributed by atoms with E-state index in [1.165, 1.54) is 11.9 Å². The molecule has 1 aliphatic heterocycles. The van der Waals surface area contributed by atoms with Gasteiger partial charge in [-0.25, -0.2) is 9.48 Å². The molecule has 1 aromatic heterocycles. The average Bonchev–Trinajstić information content (AvgIpc) is 3.20. The van der Waals surface area contributed by atoms with Crippen LogP contribution in [-0.4, -0.2) is 20.7 Å². The number of ether oxygens (including phenoxy) is 1. The van der Waals surface area contributed by atoms with Gasteiger partial charge in [0.1, 0.15) is 19.0 Å². The van der Waals surface area contributed by atoms with Crippen LogP contribution >= 0.6 is 0 Å². The zero-order valence-electron chi connectivity index (χ0n) is 16.8. The van der Waals surface area contributed by atoms with Gasteiger partial charge < -0.3 is 10.1 Å². The molecule has 0 spiro atoms. The molecule has 148 valence electrons. The molecular weight excluding hydrogens is 364 g/mol. The second-order valence-electron chi connectivity index (χ2n) is 7.48. The SMILES string of the molecule is CC1=C(C(=O)OCc2ccccc2)[C@H](c2ccc(C(C)C)cc2)n2ncnc2N1. The number of aromatic nitrogens is 3. The van der Waals surface area contributed by atoms with E-state index in [9.17, 15) is 4.79 Å². The van der Waals surface area contributed by atoms with Crippen LogP contribution in [0.3, 0.4) is 0 Å². The number of nitrogens with zero attached hydrogens (tertiary/aromatic N) is 3. The lowest BCUT2D eigenvalue weighted by Crippen LogP contribution is -2.29. The number of hydrogen-bond donors (Lipinski definition) is 1. The highest BCUT2D eigenvalue weighted by Crippen LogP contribution is 2.35. The van der Waals surface area contributed by atoms with Crippen LogP contribution in [0.1, 0.15) is 49.4 Å². The minimum atomic E-state index is -0.391. The Bertz CT molecular complexity index is 1040. The van der Waals surface area contributed by atoms with Crippen molar-refractivity contribution in [2.24, 2.45) is 0 Å². The lowest BCUT2D eigenvalue weighted by molar-refractivity contribution is -0.140. The van der Waals surface area contributed by atoms with E-state index >= 15 is 0 Å². The summed E-state index contributed by atoms with van der Waals surface area (Å²) in [5.74, 6) is 0.685. The lowest BCUT2D eigenvalue weighted by atomic mass is 9.93. The molecule has 0 amide bonds. The first-order valence-corrected chi connectivity index (χ1v) is 9.73. The van der Waals surface area contributed by atoms with Crippen molar-refractivity contribution in [1.29, 1.82) is 0 Å². The number of carbonyl (C=O) groups is 1. The number of fused-ring (bicyclic) bond motifs is 1. The van der Waals surface area contributed by atoms with Crippen LogP contribution in [-0.2, 0) is 16.1 Å².